The summed E-state index contributed by atoms with van der Waals surface area (Å²) in [6.07, 6.45) is 2.08. The van der Waals surface area contributed by atoms with Gasteiger partial charge in [-0.05, 0) is 61.2 Å². The molecule has 1 heterocycles. The summed E-state index contributed by atoms with van der Waals surface area (Å²) in [7, 11) is -4.35. The zero-order chi connectivity index (χ0) is 27.3. The van der Waals surface area contributed by atoms with Crippen molar-refractivity contribution in [3.8, 4) is 28.8 Å². The lowest BCUT2D eigenvalue weighted by molar-refractivity contribution is 0.405. The number of benzene rings is 3. The van der Waals surface area contributed by atoms with Crippen LogP contribution in [0, 0.1) is 11.3 Å². The number of aryl methyl sites for hydroxylation is 1. The number of aromatic nitrogens is 1. The highest BCUT2D eigenvalue weighted by Crippen LogP contribution is 2.45. The van der Waals surface area contributed by atoms with Gasteiger partial charge in [-0.25, -0.2) is 13.4 Å². The van der Waals surface area contributed by atoms with Gasteiger partial charge >= 0.3 is 0 Å². The highest BCUT2D eigenvalue weighted by Gasteiger charge is 2.32. The Morgan fingerprint density at radius 2 is 1.58 bits per heavy atom. The molecule has 0 fully saturated rings. The Labute approximate surface area is 223 Å². The van der Waals surface area contributed by atoms with Gasteiger partial charge in [0.25, 0.3) is 0 Å². The van der Waals surface area contributed by atoms with Crippen molar-refractivity contribution < 1.29 is 18.6 Å². The standard InChI is InChI=1S/C30H29N3O4S/c1-3-5-15-26-27(33(4-2)23-12-7-6-8-13-23)28(34)29(30(35)32-26)38(36,37)24-18-16-21(17-19-24)25-14-10-9-11-22(25)20-31/h6-14,16-19H,3-5,15H2,1-2H3,(H2,32,34,35). The van der Waals surface area contributed by atoms with Crippen molar-refractivity contribution in [1.29, 1.82) is 5.26 Å². The summed E-state index contributed by atoms with van der Waals surface area (Å²) in [5.74, 6) is -1.27. The molecule has 194 valence electrons. The fraction of sp³-hybridized carbons (Fsp3) is 0.200. The zero-order valence-electron chi connectivity index (χ0n) is 21.3. The third-order valence-corrected chi connectivity index (χ3v) is 8.18. The number of nitrogens with zero attached hydrogens (tertiary/aromatic N) is 3. The summed E-state index contributed by atoms with van der Waals surface area (Å²) in [6.45, 7) is 4.36. The van der Waals surface area contributed by atoms with Crippen LogP contribution in [0.2, 0.25) is 0 Å². The van der Waals surface area contributed by atoms with E-state index >= 15 is 0 Å². The fourth-order valence-corrected chi connectivity index (χ4v) is 5.84. The minimum absolute atomic E-state index is 0.113. The van der Waals surface area contributed by atoms with Gasteiger partial charge in [0.15, 0.2) is 10.6 Å². The van der Waals surface area contributed by atoms with Crippen LogP contribution in [0.25, 0.3) is 11.1 Å². The van der Waals surface area contributed by atoms with Crippen molar-refractivity contribution in [2.45, 2.75) is 42.9 Å². The number of unbranched alkanes of at least 4 members (excludes halogenated alkanes) is 1. The molecular formula is C30H29N3O4S. The second kappa shape index (κ2) is 11.4. The van der Waals surface area contributed by atoms with Gasteiger partial charge in [-0.15, -0.1) is 0 Å². The second-order valence-electron chi connectivity index (χ2n) is 8.78. The molecule has 0 spiro atoms. The average Bonchev–Trinajstić information content (AvgIpc) is 2.94. The Balaban J connectivity index is 1.85. The Kier molecular flexibility index (Phi) is 7.99. The Morgan fingerprint density at radius 1 is 0.921 bits per heavy atom. The van der Waals surface area contributed by atoms with Gasteiger partial charge in [0.2, 0.25) is 15.7 Å². The molecule has 3 aromatic carbocycles. The zero-order valence-corrected chi connectivity index (χ0v) is 22.1. The van der Waals surface area contributed by atoms with E-state index in [0.29, 0.717) is 35.3 Å². The molecule has 0 amide bonds. The predicted octanol–water partition coefficient (Wildman–Crippen LogP) is 6.36. The summed E-state index contributed by atoms with van der Waals surface area (Å²) in [5, 5.41) is 31.7. The van der Waals surface area contributed by atoms with Crippen LogP contribution in [0.3, 0.4) is 0 Å². The maximum absolute atomic E-state index is 13.7. The van der Waals surface area contributed by atoms with Crippen LogP contribution >= 0.6 is 0 Å². The number of hydrogen-bond acceptors (Lipinski definition) is 7. The molecule has 0 saturated heterocycles. The van der Waals surface area contributed by atoms with E-state index in [9.17, 15) is 23.9 Å². The highest BCUT2D eigenvalue weighted by atomic mass is 32.2. The van der Waals surface area contributed by atoms with Crippen molar-refractivity contribution in [2.75, 3.05) is 11.4 Å². The first-order valence-electron chi connectivity index (χ1n) is 12.5. The molecule has 0 bridgehead atoms. The molecule has 1 aromatic heterocycles. The van der Waals surface area contributed by atoms with Crippen molar-refractivity contribution in [3.63, 3.8) is 0 Å². The van der Waals surface area contributed by atoms with E-state index in [2.05, 4.69) is 11.1 Å². The van der Waals surface area contributed by atoms with E-state index in [1.54, 1.807) is 41.3 Å². The van der Waals surface area contributed by atoms with Crippen LogP contribution in [0.4, 0.5) is 11.4 Å². The van der Waals surface area contributed by atoms with Crippen LogP contribution in [0.1, 0.15) is 37.9 Å². The molecule has 8 heteroatoms. The van der Waals surface area contributed by atoms with E-state index in [4.69, 9.17) is 0 Å². The molecule has 0 saturated carbocycles. The molecule has 0 aliphatic carbocycles. The first kappa shape index (κ1) is 26.7. The number of sulfone groups is 1. The number of para-hydroxylation sites is 1. The van der Waals surface area contributed by atoms with Gasteiger partial charge in [-0.2, -0.15) is 5.26 Å². The molecule has 0 aliphatic heterocycles. The smallest absolute Gasteiger partial charge is 0.234 e. The Hall–Kier alpha value is -4.35. The highest BCUT2D eigenvalue weighted by molar-refractivity contribution is 7.91. The lowest BCUT2D eigenvalue weighted by atomic mass is 10.0. The van der Waals surface area contributed by atoms with Crippen molar-refractivity contribution in [3.05, 3.63) is 90.1 Å². The van der Waals surface area contributed by atoms with Crippen LogP contribution in [0.5, 0.6) is 11.6 Å². The van der Waals surface area contributed by atoms with E-state index in [1.807, 2.05) is 44.2 Å². The number of anilines is 2. The SMILES string of the molecule is CCCCc1nc(O)c(S(=O)(=O)c2ccc(-c3ccccc3C#N)cc2)c(O)c1N(CC)c1ccccc1. The van der Waals surface area contributed by atoms with E-state index in [0.717, 1.165) is 18.5 Å². The van der Waals surface area contributed by atoms with E-state index in [1.165, 1.54) is 12.1 Å². The minimum Gasteiger partial charge on any atom is -0.504 e. The Morgan fingerprint density at radius 3 is 2.21 bits per heavy atom. The Bertz CT molecular complexity index is 1580. The maximum Gasteiger partial charge on any atom is 0.234 e. The molecule has 7 nitrogen and oxygen atoms in total. The summed E-state index contributed by atoms with van der Waals surface area (Å²) in [5.41, 5.74) is 3.27. The van der Waals surface area contributed by atoms with Crippen molar-refractivity contribution >= 4 is 21.2 Å². The summed E-state index contributed by atoms with van der Waals surface area (Å²) < 4.78 is 27.5. The topological polar surface area (TPSA) is 115 Å². The minimum atomic E-state index is -4.35. The van der Waals surface area contributed by atoms with Crippen molar-refractivity contribution in [1.82, 2.24) is 4.98 Å². The predicted molar refractivity (Wildman–Crippen MR) is 147 cm³/mol. The third-order valence-electron chi connectivity index (χ3n) is 6.37. The third kappa shape index (κ3) is 5.06. The normalized spacial score (nSPS) is 11.2. The lowest BCUT2D eigenvalue weighted by Crippen LogP contribution is -2.20. The van der Waals surface area contributed by atoms with Crippen LogP contribution in [0.15, 0.2) is 88.7 Å². The van der Waals surface area contributed by atoms with Gasteiger partial charge in [-0.3, -0.25) is 0 Å². The summed E-state index contributed by atoms with van der Waals surface area (Å²) in [6, 6.07) is 24.5. The molecular weight excluding hydrogens is 498 g/mol. The first-order chi connectivity index (χ1) is 18.3. The van der Waals surface area contributed by atoms with Gasteiger partial charge in [-0.1, -0.05) is 61.9 Å². The summed E-state index contributed by atoms with van der Waals surface area (Å²) >= 11 is 0. The molecule has 4 rings (SSSR count). The van der Waals surface area contributed by atoms with Gasteiger partial charge < -0.3 is 15.1 Å². The van der Waals surface area contributed by atoms with Gasteiger partial charge in [0, 0.05) is 12.2 Å². The van der Waals surface area contributed by atoms with Gasteiger partial charge in [0.05, 0.1) is 22.2 Å². The number of pyridine rings is 1. The maximum atomic E-state index is 13.7. The average molecular weight is 528 g/mol. The molecule has 0 unspecified atom stereocenters. The monoisotopic (exact) mass is 527 g/mol. The summed E-state index contributed by atoms with van der Waals surface area (Å²) in [4.78, 5) is 5.34. The molecule has 38 heavy (non-hydrogen) atoms. The largest absolute Gasteiger partial charge is 0.504 e. The van der Waals surface area contributed by atoms with Crippen LogP contribution in [-0.4, -0.2) is 30.2 Å². The molecule has 2 N–H and O–H groups in total. The fourth-order valence-electron chi connectivity index (χ4n) is 4.47. The molecule has 0 aliphatic rings. The first-order valence-corrected chi connectivity index (χ1v) is 13.9. The number of rotatable bonds is 9. The van der Waals surface area contributed by atoms with Gasteiger partial charge in [0.1, 0.15) is 5.69 Å². The number of aromatic hydroxyl groups is 2. The molecule has 4 aromatic rings. The number of nitriles is 1. The van der Waals surface area contributed by atoms with Crippen molar-refractivity contribution in [2.24, 2.45) is 0 Å². The lowest BCUT2D eigenvalue weighted by Gasteiger charge is -2.27. The van der Waals surface area contributed by atoms with E-state index in [-0.39, 0.29) is 10.6 Å². The quantitative estimate of drug-likeness (QED) is 0.260. The van der Waals surface area contributed by atoms with Crippen LogP contribution in [-0.2, 0) is 16.3 Å². The molecule has 0 atom stereocenters. The van der Waals surface area contributed by atoms with Crippen LogP contribution < -0.4 is 4.90 Å². The molecule has 0 radical (unpaired) electrons. The van der Waals surface area contributed by atoms with E-state index < -0.39 is 26.4 Å². The number of hydrogen-bond donors (Lipinski definition) is 2. The second-order valence-corrected chi connectivity index (χ2v) is 10.7.